The van der Waals surface area contributed by atoms with Crippen LogP contribution in [0.15, 0.2) is 18.2 Å². The summed E-state index contributed by atoms with van der Waals surface area (Å²) in [5.41, 5.74) is 1.01. The summed E-state index contributed by atoms with van der Waals surface area (Å²) in [4.78, 5) is 0. The molecule has 0 bridgehead atoms. The Balaban J connectivity index is 1.40. The van der Waals surface area contributed by atoms with E-state index in [0.717, 1.165) is 56.9 Å². The van der Waals surface area contributed by atoms with Crippen molar-refractivity contribution in [3.8, 4) is 0 Å². The Morgan fingerprint density at radius 1 is 1.09 bits per heavy atom. The van der Waals surface area contributed by atoms with Crippen LogP contribution in [-0.2, 0) is 4.74 Å². The molecule has 23 heavy (non-hydrogen) atoms. The van der Waals surface area contributed by atoms with Gasteiger partial charge in [0.25, 0.3) is 0 Å². The molecule has 1 saturated carbocycles. The number of halogens is 2. The van der Waals surface area contributed by atoms with Crippen molar-refractivity contribution >= 4 is 11.6 Å². The van der Waals surface area contributed by atoms with Gasteiger partial charge in [-0.2, -0.15) is 0 Å². The van der Waals surface area contributed by atoms with Gasteiger partial charge in [0.2, 0.25) is 0 Å². The average Bonchev–Trinajstić information content (AvgIpc) is 2.59. The number of hydrogen-bond donors (Lipinski definition) is 1. The largest absolute Gasteiger partial charge is 0.381 e. The van der Waals surface area contributed by atoms with Crippen molar-refractivity contribution in [3.63, 3.8) is 0 Å². The number of nitrogens with one attached hydrogen (secondary N) is 1. The summed E-state index contributed by atoms with van der Waals surface area (Å²) in [6.07, 6.45) is 8.26. The van der Waals surface area contributed by atoms with E-state index in [9.17, 15) is 4.39 Å². The van der Waals surface area contributed by atoms with Gasteiger partial charge in [-0.15, -0.1) is 0 Å². The zero-order chi connectivity index (χ0) is 16.1. The number of ether oxygens (including phenoxy) is 1. The molecule has 0 amide bonds. The molecule has 2 aliphatic rings. The fourth-order valence-electron chi connectivity index (χ4n) is 3.99. The third-order valence-corrected chi connectivity index (χ3v) is 5.87. The molecule has 2 fully saturated rings. The molecular formula is C19H27ClFNO. The van der Waals surface area contributed by atoms with Gasteiger partial charge in [0.15, 0.2) is 0 Å². The third kappa shape index (κ3) is 4.68. The summed E-state index contributed by atoms with van der Waals surface area (Å²) in [7, 11) is 0. The normalized spacial score (nSPS) is 26.3. The van der Waals surface area contributed by atoms with Crippen LogP contribution in [0.1, 0.15) is 56.4 Å². The molecule has 1 aromatic rings. The van der Waals surface area contributed by atoms with Crippen LogP contribution in [0.3, 0.4) is 0 Å². The van der Waals surface area contributed by atoms with Crippen LogP contribution in [-0.4, -0.2) is 25.8 Å². The molecule has 0 aromatic heterocycles. The van der Waals surface area contributed by atoms with Crippen molar-refractivity contribution in [1.29, 1.82) is 0 Å². The quantitative estimate of drug-likeness (QED) is 0.822. The SMILES string of the molecule is Fc1cccc(C2CCC(CCNC3CCOCC3)CC2)c1Cl. The minimum Gasteiger partial charge on any atom is -0.381 e. The van der Waals surface area contributed by atoms with Crippen LogP contribution >= 0.6 is 11.6 Å². The lowest BCUT2D eigenvalue weighted by Gasteiger charge is -2.30. The highest BCUT2D eigenvalue weighted by atomic mass is 35.5. The van der Waals surface area contributed by atoms with Crippen molar-refractivity contribution in [3.05, 3.63) is 34.6 Å². The maximum atomic E-state index is 13.6. The van der Waals surface area contributed by atoms with E-state index < -0.39 is 0 Å². The van der Waals surface area contributed by atoms with E-state index in [1.54, 1.807) is 6.07 Å². The second-order valence-corrected chi connectivity index (χ2v) is 7.37. The van der Waals surface area contributed by atoms with E-state index in [0.29, 0.717) is 17.0 Å². The average molecular weight is 340 g/mol. The Hall–Kier alpha value is -0.640. The molecule has 1 aliphatic carbocycles. The zero-order valence-electron chi connectivity index (χ0n) is 13.7. The van der Waals surface area contributed by atoms with E-state index in [2.05, 4.69) is 5.32 Å². The monoisotopic (exact) mass is 339 g/mol. The highest BCUT2D eigenvalue weighted by Gasteiger charge is 2.24. The minimum atomic E-state index is -0.285. The smallest absolute Gasteiger partial charge is 0.142 e. The summed E-state index contributed by atoms with van der Waals surface area (Å²) >= 11 is 6.14. The summed E-state index contributed by atoms with van der Waals surface area (Å²) in [5, 5.41) is 4.01. The Morgan fingerprint density at radius 2 is 1.83 bits per heavy atom. The molecule has 1 heterocycles. The number of hydrogen-bond acceptors (Lipinski definition) is 2. The van der Waals surface area contributed by atoms with Crippen molar-refractivity contribution in [2.75, 3.05) is 19.8 Å². The van der Waals surface area contributed by atoms with Gasteiger partial charge in [0.1, 0.15) is 5.82 Å². The standard InChI is InChI=1S/C19H27ClFNO/c20-19-17(2-1-3-18(19)21)15-6-4-14(5-7-15)8-11-22-16-9-12-23-13-10-16/h1-3,14-16,22H,4-13H2. The predicted octanol–water partition coefficient (Wildman–Crippen LogP) is 4.91. The van der Waals surface area contributed by atoms with E-state index in [4.69, 9.17) is 16.3 Å². The topological polar surface area (TPSA) is 21.3 Å². The van der Waals surface area contributed by atoms with Gasteiger partial charge >= 0.3 is 0 Å². The van der Waals surface area contributed by atoms with Gasteiger partial charge in [-0.05, 0) is 75.0 Å². The Bertz CT molecular complexity index is 496. The lowest BCUT2D eigenvalue weighted by atomic mass is 9.77. The van der Waals surface area contributed by atoms with E-state index in [1.165, 1.54) is 25.3 Å². The molecule has 4 heteroatoms. The van der Waals surface area contributed by atoms with Crippen LogP contribution in [0.2, 0.25) is 5.02 Å². The van der Waals surface area contributed by atoms with Gasteiger partial charge in [0.05, 0.1) is 5.02 Å². The fourth-order valence-corrected chi connectivity index (χ4v) is 4.27. The van der Waals surface area contributed by atoms with E-state index in [-0.39, 0.29) is 5.82 Å². The number of benzene rings is 1. The molecule has 0 spiro atoms. The third-order valence-electron chi connectivity index (χ3n) is 5.47. The Morgan fingerprint density at radius 3 is 2.57 bits per heavy atom. The van der Waals surface area contributed by atoms with Crippen LogP contribution < -0.4 is 5.32 Å². The maximum Gasteiger partial charge on any atom is 0.142 e. The first-order chi connectivity index (χ1) is 11.2. The van der Waals surface area contributed by atoms with E-state index >= 15 is 0 Å². The Kier molecular flexibility index (Phi) is 6.32. The molecule has 2 nitrogen and oxygen atoms in total. The molecule has 1 saturated heterocycles. The lowest BCUT2D eigenvalue weighted by Crippen LogP contribution is -2.36. The second-order valence-electron chi connectivity index (χ2n) is 6.99. The summed E-state index contributed by atoms with van der Waals surface area (Å²) in [6.45, 7) is 2.91. The van der Waals surface area contributed by atoms with Gasteiger partial charge in [-0.1, -0.05) is 23.7 Å². The zero-order valence-corrected chi connectivity index (χ0v) is 14.5. The Labute approximate surface area is 143 Å². The van der Waals surface area contributed by atoms with Gasteiger partial charge in [-0.3, -0.25) is 0 Å². The number of rotatable bonds is 5. The molecule has 0 unspecified atom stereocenters. The van der Waals surface area contributed by atoms with Crippen LogP contribution in [0, 0.1) is 11.7 Å². The fraction of sp³-hybridized carbons (Fsp3) is 0.684. The predicted molar refractivity (Wildman–Crippen MR) is 92.6 cm³/mol. The summed E-state index contributed by atoms with van der Waals surface area (Å²) in [5.74, 6) is 0.941. The molecule has 3 rings (SSSR count). The maximum absolute atomic E-state index is 13.6. The van der Waals surface area contributed by atoms with Gasteiger partial charge in [-0.25, -0.2) is 4.39 Å². The molecule has 0 radical (unpaired) electrons. The second kappa shape index (κ2) is 8.46. The summed E-state index contributed by atoms with van der Waals surface area (Å²) in [6, 6.07) is 5.86. The minimum absolute atomic E-state index is 0.285. The van der Waals surface area contributed by atoms with Crippen molar-refractivity contribution < 1.29 is 9.13 Å². The molecule has 0 atom stereocenters. The lowest BCUT2D eigenvalue weighted by molar-refractivity contribution is 0.0775. The highest BCUT2D eigenvalue weighted by Crippen LogP contribution is 2.40. The first-order valence-corrected chi connectivity index (χ1v) is 9.37. The molecule has 128 valence electrons. The first-order valence-electron chi connectivity index (χ1n) is 8.99. The first kappa shape index (κ1) is 17.2. The van der Waals surface area contributed by atoms with Crippen molar-refractivity contribution in [2.24, 2.45) is 5.92 Å². The van der Waals surface area contributed by atoms with Crippen molar-refractivity contribution in [1.82, 2.24) is 5.32 Å². The van der Waals surface area contributed by atoms with Crippen LogP contribution in [0.4, 0.5) is 4.39 Å². The van der Waals surface area contributed by atoms with Crippen LogP contribution in [0.25, 0.3) is 0 Å². The van der Waals surface area contributed by atoms with E-state index in [1.807, 2.05) is 6.07 Å². The van der Waals surface area contributed by atoms with Crippen molar-refractivity contribution in [2.45, 2.75) is 56.9 Å². The summed E-state index contributed by atoms with van der Waals surface area (Å²) < 4.78 is 19.0. The van der Waals surface area contributed by atoms with Gasteiger partial charge in [0, 0.05) is 19.3 Å². The molecule has 1 aromatic carbocycles. The van der Waals surface area contributed by atoms with Crippen LogP contribution in [0.5, 0.6) is 0 Å². The highest BCUT2D eigenvalue weighted by molar-refractivity contribution is 6.31. The molecule has 1 N–H and O–H groups in total. The molecule has 1 aliphatic heterocycles. The molecular weight excluding hydrogens is 313 g/mol. The van der Waals surface area contributed by atoms with Gasteiger partial charge < -0.3 is 10.1 Å².